The molecule has 2 atom stereocenters. The van der Waals surface area contributed by atoms with Crippen molar-refractivity contribution in [2.24, 2.45) is 0 Å². The van der Waals surface area contributed by atoms with Crippen LogP contribution in [0.3, 0.4) is 0 Å². The predicted molar refractivity (Wildman–Crippen MR) is 66.5 cm³/mol. The summed E-state index contributed by atoms with van der Waals surface area (Å²) in [4.78, 5) is 0. The Morgan fingerprint density at radius 2 is 1.81 bits per heavy atom. The Hall–Kier alpha value is -0.860. The number of benzene rings is 1. The normalized spacial score (nSPS) is 14.8. The molecule has 90 valence electrons. The van der Waals surface area contributed by atoms with Gasteiger partial charge in [0.15, 0.2) is 0 Å². The summed E-state index contributed by atoms with van der Waals surface area (Å²) in [6.07, 6.45) is 1.33. The minimum absolute atomic E-state index is 0.146. The smallest absolute Gasteiger partial charge is 0.105 e. The van der Waals surface area contributed by atoms with E-state index in [0.717, 1.165) is 18.4 Å². The van der Waals surface area contributed by atoms with Crippen molar-refractivity contribution in [1.29, 1.82) is 0 Å². The predicted octanol–water partition coefficient (Wildman–Crippen LogP) is 3.10. The summed E-state index contributed by atoms with van der Waals surface area (Å²) in [7, 11) is 0. The molecule has 0 amide bonds. The number of aliphatic hydroxyl groups excluding tert-OH is 1. The van der Waals surface area contributed by atoms with Gasteiger partial charge >= 0.3 is 0 Å². The van der Waals surface area contributed by atoms with Crippen molar-refractivity contribution in [1.82, 2.24) is 0 Å². The van der Waals surface area contributed by atoms with E-state index < -0.39 is 6.10 Å². The number of hydrogen-bond acceptors (Lipinski definition) is 2. The zero-order valence-electron chi connectivity index (χ0n) is 10.4. The molecule has 0 saturated heterocycles. The monoisotopic (exact) mass is 222 g/mol. The molecule has 1 aromatic rings. The first-order valence-corrected chi connectivity index (χ1v) is 6.07. The fourth-order valence-electron chi connectivity index (χ4n) is 1.62. The number of aliphatic hydroxyl groups is 1. The van der Waals surface area contributed by atoms with Crippen molar-refractivity contribution in [3.8, 4) is 0 Å². The highest BCUT2D eigenvalue weighted by atomic mass is 16.5. The first kappa shape index (κ1) is 13.2. The van der Waals surface area contributed by atoms with Crippen LogP contribution in [0, 0.1) is 0 Å². The van der Waals surface area contributed by atoms with Gasteiger partial charge in [-0.2, -0.15) is 0 Å². The van der Waals surface area contributed by atoms with Gasteiger partial charge in [-0.1, -0.05) is 38.1 Å². The second-order valence-electron chi connectivity index (χ2n) is 4.12. The van der Waals surface area contributed by atoms with Gasteiger partial charge in [0.1, 0.15) is 6.10 Å². The summed E-state index contributed by atoms with van der Waals surface area (Å²) in [6, 6.07) is 8.08. The van der Waals surface area contributed by atoms with Gasteiger partial charge in [-0.3, -0.25) is 0 Å². The molecule has 0 saturated carbocycles. The number of hydrogen-bond donors (Lipinski definition) is 1. The van der Waals surface area contributed by atoms with Crippen LogP contribution in [0.4, 0.5) is 0 Å². The third-order valence-electron chi connectivity index (χ3n) is 2.76. The molecule has 0 bridgehead atoms. The quantitative estimate of drug-likeness (QED) is 0.801. The van der Waals surface area contributed by atoms with E-state index in [0.29, 0.717) is 6.61 Å². The molecule has 0 aliphatic carbocycles. The van der Waals surface area contributed by atoms with Crippen LogP contribution in [0.25, 0.3) is 0 Å². The Balaban J connectivity index is 2.60. The highest BCUT2D eigenvalue weighted by Gasteiger charge is 2.16. The average Bonchev–Trinajstić information content (AvgIpc) is 2.35. The summed E-state index contributed by atoms with van der Waals surface area (Å²) >= 11 is 0. The standard InChI is InChI=1S/C14H22O2/c1-4-10-16-11(3)14(15)13-8-6-12(5-2)7-9-13/h6-9,11,14-15H,4-5,10H2,1-3H3. The van der Waals surface area contributed by atoms with Gasteiger partial charge in [-0.25, -0.2) is 0 Å². The lowest BCUT2D eigenvalue weighted by Gasteiger charge is -2.19. The van der Waals surface area contributed by atoms with Gasteiger partial charge in [-0.05, 0) is 30.9 Å². The number of ether oxygens (including phenoxy) is 1. The maximum atomic E-state index is 10.1. The largest absolute Gasteiger partial charge is 0.386 e. The summed E-state index contributed by atoms with van der Waals surface area (Å²) in [5.41, 5.74) is 2.22. The fourth-order valence-corrected chi connectivity index (χ4v) is 1.62. The molecule has 16 heavy (non-hydrogen) atoms. The van der Waals surface area contributed by atoms with Crippen LogP contribution in [0.5, 0.6) is 0 Å². The molecular weight excluding hydrogens is 200 g/mol. The van der Waals surface area contributed by atoms with Crippen LogP contribution in [-0.4, -0.2) is 17.8 Å². The summed E-state index contributed by atoms with van der Waals surface area (Å²) < 4.78 is 5.51. The molecule has 2 nitrogen and oxygen atoms in total. The molecule has 2 heteroatoms. The zero-order valence-corrected chi connectivity index (χ0v) is 10.4. The van der Waals surface area contributed by atoms with Crippen molar-refractivity contribution in [3.63, 3.8) is 0 Å². The molecule has 0 aliphatic rings. The van der Waals surface area contributed by atoms with Crippen LogP contribution >= 0.6 is 0 Å². The van der Waals surface area contributed by atoms with Crippen molar-refractivity contribution < 1.29 is 9.84 Å². The molecular formula is C14H22O2. The Morgan fingerprint density at radius 1 is 1.19 bits per heavy atom. The minimum Gasteiger partial charge on any atom is -0.386 e. The third-order valence-corrected chi connectivity index (χ3v) is 2.76. The lowest BCUT2D eigenvalue weighted by Crippen LogP contribution is -2.19. The third kappa shape index (κ3) is 3.62. The second-order valence-corrected chi connectivity index (χ2v) is 4.12. The van der Waals surface area contributed by atoms with E-state index in [-0.39, 0.29) is 6.10 Å². The Bertz CT molecular complexity index is 292. The summed E-state index contributed by atoms with van der Waals surface area (Å²) in [5.74, 6) is 0. The molecule has 1 N–H and O–H groups in total. The summed E-state index contributed by atoms with van der Waals surface area (Å²) in [5, 5.41) is 10.1. The van der Waals surface area contributed by atoms with Crippen molar-refractivity contribution in [2.45, 2.75) is 45.8 Å². The van der Waals surface area contributed by atoms with Crippen molar-refractivity contribution >= 4 is 0 Å². The molecule has 0 radical (unpaired) electrons. The highest BCUT2D eigenvalue weighted by molar-refractivity contribution is 5.24. The van der Waals surface area contributed by atoms with Crippen LogP contribution in [0.2, 0.25) is 0 Å². The van der Waals surface area contributed by atoms with E-state index in [2.05, 4.69) is 26.0 Å². The maximum absolute atomic E-state index is 10.1. The zero-order chi connectivity index (χ0) is 12.0. The van der Waals surface area contributed by atoms with E-state index in [1.807, 2.05) is 19.1 Å². The van der Waals surface area contributed by atoms with E-state index in [9.17, 15) is 5.11 Å². The SMILES string of the molecule is CCCOC(C)C(O)c1ccc(CC)cc1. The second kappa shape index (κ2) is 6.66. The minimum atomic E-state index is -0.530. The molecule has 2 unspecified atom stereocenters. The molecule has 1 rings (SSSR count). The number of rotatable bonds is 6. The Kier molecular flexibility index (Phi) is 5.50. The van der Waals surface area contributed by atoms with Crippen LogP contribution < -0.4 is 0 Å². The Labute approximate surface area is 98.3 Å². The topological polar surface area (TPSA) is 29.5 Å². The summed E-state index contributed by atoms with van der Waals surface area (Å²) in [6.45, 7) is 6.80. The molecule has 0 aromatic heterocycles. The first-order valence-electron chi connectivity index (χ1n) is 6.07. The lowest BCUT2D eigenvalue weighted by molar-refractivity contribution is -0.0276. The fraction of sp³-hybridized carbons (Fsp3) is 0.571. The molecule has 1 aromatic carbocycles. The van der Waals surface area contributed by atoms with E-state index in [4.69, 9.17) is 4.74 Å². The molecule has 0 aliphatic heterocycles. The van der Waals surface area contributed by atoms with E-state index in [1.54, 1.807) is 0 Å². The van der Waals surface area contributed by atoms with Crippen molar-refractivity contribution in [3.05, 3.63) is 35.4 Å². The molecule has 0 spiro atoms. The van der Waals surface area contributed by atoms with Gasteiger partial charge < -0.3 is 9.84 Å². The van der Waals surface area contributed by atoms with Gasteiger partial charge in [0.25, 0.3) is 0 Å². The molecule has 0 heterocycles. The number of aryl methyl sites for hydroxylation is 1. The van der Waals surface area contributed by atoms with Crippen LogP contribution in [-0.2, 0) is 11.2 Å². The van der Waals surface area contributed by atoms with E-state index >= 15 is 0 Å². The highest BCUT2D eigenvalue weighted by Crippen LogP contribution is 2.19. The van der Waals surface area contributed by atoms with Crippen LogP contribution in [0.15, 0.2) is 24.3 Å². The maximum Gasteiger partial charge on any atom is 0.105 e. The van der Waals surface area contributed by atoms with Gasteiger partial charge in [0.2, 0.25) is 0 Å². The lowest BCUT2D eigenvalue weighted by atomic mass is 10.0. The first-order chi connectivity index (χ1) is 7.69. The van der Waals surface area contributed by atoms with Gasteiger partial charge in [0, 0.05) is 6.61 Å². The van der Waals surface area contributed by atoms with Crippen LogP contribution in [0.1, 0.15) is 44.4 Å². The van der Waals surface area contributed by atoms with Gasteiger partial charge in [0.05, 0.1) is 6.10 Å². The van der Waals surface area contributed by atoms with E-state index in [1.165, 1.54) is 5.56 Å². The van der Waals surface area contributed by atoms with Crippen molar-refractivity contribution in [2.75, 3.05) is 6.61 Å². The molecule has 0 fully saturated rings. The van der Waals surface area contributed by atoms with Gasteiger partial charge in [-0.15, -0.1) is 0 Å². The average molecular weight is 222 g/mol. The Morgan fingerprint density at radius 3 is 2.31 bits per heavy atom.